The maximum Gasteiger partial charge on any atom is 0.408 e. The second kappa shape index (κ2) is 6.76. The Bertz CT molecular complexity index is 895. The van der Waals surface area contributed by atoms with Gasteiger partial charge >= 0.3 is 6.18 Å². The first-order valence-corrected chi connectivity index (χ1v) is 8.19. The molecule has 0 aliphatic carbocycles. The van der Waals surface area contributed by atoms with Crippen LogP contribution in [0.3, 0.4) is 0 Å². The number of hydrogen-bond acceptors (Lipinski definition) is 4. The first-order valence-electron chi connectivity index (χ1n) is 6.33. The van der Waals surface area contributed by atoms with Gasteiger partial charge < -0.3 is 0 Å². The van der Waals surface area contributed by atoms with Gasteiger partial charge in [0.2, 0.25) is 10.0 Å². The van der Waals surface area contributed by atoms with E-state index in [1.807, 2.05) is 0 Å². The second-order valence-electron chi connectivity index (χ2n) is 4.67. The van der Waals surface area contributed by atoms with Gasteiger partial charge in [0.25, 0.3) is 0 Å². The van der Waals surface area contributed by atoms with Crippen LogP contribution in [0.1, 0.15) is 17.2 Å². The van der Waals surface area contributed by atoms with E-state index in [0.29, 0.717) is 0 Å². The van der Waals surface area contributed by atoms with E-state index in [1.165, 1.54) is 12.1 Å². The standard InChI is InChI=1S/C14H9ClF3N3O2S/c15-11-3-1-2-10(5-11)13(14(16,17)18)21-24(22,23)12-4-9(6-19)7-20-8-12/h1-5,7-8,13,21H. The van der Waals surface area contributed by atoms with Crippen molar-refractivity contribution in [2.75, 3.05) is 0 Å². The average molecular weight is 376 g/mol. The molecule has 1 aromatic heterocycles. The van der Waals surface area contributed by atoms with Crippen molar-refractivity contribution < 1.29 is 21.6 Å². The fraction of sp³-hybridized carbons (Fsp3) is 0.143. The molecular formula is C14H9ClF3N3O2S. The minimum atomic E-state index is -4.89. The van der Waals surface area contributed by atoms with E-state index >= 15 is 0 Å². The van der Waals surface area contributed by atoms with Crippen molar-refractivity contribution in [3.05, 3.63) is 58.9 Å². The largest absolute Gasteiger partial charge is 0.408 e. The van der Waals surface area contributed by atoms with E-state index in [2.05, 4.69) is 4.98 Å². The Hall–Kier alpha value is -2.15. The molecule has 2 aromatic rings. The minimum Gasteiger partial charge on any atom is -0.262 e. The molecule has 0 fully saturated rings. The van der Waals surface area contributed by atoms with Gasteiger partial charge in [-0.2, -0.15) is 23.2 Å². The average Bonchev–Trinajstić information content (AvgIpc) is 2.51. The van der Waals surface area contributed by atoms with Crippen LogP contribution in [0.4, 0.5) is 13.2 Å². The fourth-order valence-corrected chi connectivity index (χ4v) is 3.26. The molecule has 5 nitrogen and oxygen atoms in total. The second-order valence-corrected chi connectivity index (χ2v) is 6.82. The highest BCUT2D eigenvalue weighted by atomic mass is 35.5. The van der Waals surface area contributed by atoms with Crippen molar-refractivity contribution in [2.24, 2.45) is 0 Å². The van der Waals surface area contributed by atoms with E-state index in [4.69, 9.17) is 16.9 Å². The van der Waals surface area contributed by atoms with Gasteiger partial charge in [-0.15, -0.1) is 0 Å². The van der Waals surface area contributed by atoms with Gasteiger partial charge in [0.15, 0.2) is 0 Å². The summed E-state index contributed by atoms with van der Waals surface area (Å²) in [6.07, 6.45) is -2.94. The van der Waals surface area contributed by atoms with Crippen LogP contribution in [0.15, 0.2) is 47.6 Å². The van der Waals surface area contributed by atoms with Gasteiger partial charge in [-0.05, 0) is 23.8 Å². The predicted octanol–water partition coefficient (Wildman–Crippen LogP) is 3.19. The van der Waals surface area contributed by atoms with E-state index in [1.54, 1.807) is 10.8 Å². The zero-order chi connectivity index (χ0) is 18.0. The van der Waals surface area contributed by atoms with Crippen LogP contribution in [-0.2, 0) is 10.0 Å². The molecule has 0 saturated heterocycles. The number of nitriles is 1. The number of alkyl halides is 3. The summed E-state index contributed by atoms with van der Waals surface area (Å²) in [5, 5.41) is 8.78. The van der Waals surface area contributed by atoms with Crippen LogP contribution in [0.25, 0.3) is 0 Å². The van der Waals surface area contributed by atoms with Crippen molar-refractivity contribution in [1.29, 1.82) is 5.26 Å². The lowest BCUT2D eigenvalue weighted by molar-refractivity contribution is -0.153. The molecule has 1 atom stereocenters. The number of benzene rings is 1. The molecule has 10 heteroatoms. The Morgan fingerprint density at radius 1 is 1.25 bits per heavy atom. The molecule has 1 heterocycles. The molecule has 0 aliphatic heterocycles. The van der Waals surface area contributed by atoms with E-state index in [0.717, 1.165) is 30.6 Å². The van der Waals surface area contributed by atoms with Crippen LogP contribution in [0, 0.1) is 11.3 Å². The third-order valence-corrected chi connectivity index (χ3v) is 4.56. The van der Waals surface area contributed by atoms with Gasteiger partial charge in [0.1, 0.15) is 17.0 Å². The quantitative estimate of drug-likeness (QED) is 0.889. The molecule has 24 heavy (non-hydrogen) atoms. The van der Waals surface area contributed by atoms with Crippen LogP contribution >= 0.6 is 11.6 Å². The number of nitrogens with zero attached hydrogens (tertiary/aromatic N) is 2. The summed E-state index contributed by atoms with van der Waals surface area (Å²) in [7, 11) is -4.56. The SMILES string of the molecule is N#Cc1cncc(S(=O)(=O)NC(c2cccc(Cl)c2)C(F)(F)F)c1. The highest BCUT2D eigenvalue weighted by molar-refractivity contribution is 7.89. The van der Waals surface area contributed by atoms with Gasteiger partial charge in [0, 0.05) is 17.4 Å². The van der Waals surface area contributed by atoms with Crippen molar-refractivity contribution in [3.63, 3.8) is 0 Å². The Balaban J connectivity index is 2.44. The Kier molecular flexibility index (Phi) is 5.13. The van der Waals surface area contributed by atoms with E-state index in [9.17, 15) is 21.6 Å². The van der Waals surface area contributed by atoms with Crippen molar-refractivity contribution in [3.8, 4) is 6.07 Å². The lowest BCUT2D eigenvalue weighted by Crippen LogP contribution is -2.38. The van der Waals surface area contributed by atoms with Gasteiger partial charge in [0.05, 0.1) is 5.56 Å². The third-order valence-electron chi connectivity index (χ3n) is 2.93. The summed E-state index contributed by atoms with van der Waals surface area (Å²) in [5.41, 5.74) is -0.452. The number of hydrogen-bond donors (Lipinski definition) is 1. The topological polar surface area (TPSA) is 82.8 Å². The van der Waals surface area contributed by atoms with Crippen molar-refractivity contribution in [2.45, 2.75) is 17.1 Å². The van der Waals surface area contributed by atoms with Crippen molar-refractivity contribution >= 4 is 21.6 Å². The van der Waals surface area contributed by atoms with Crippen LogP contribution in [0.5, 0.6) is 0 Å². The molecule has 1 aromatic carbocycles. The predicted molar refractivity (Wildman–Crippen MR) is 79.5 cm³/mol. The first-order chi connectivity index (χ1) is 11.1. The Labute approximate surface area is 140 Å². The summed E-state index contributed by atoms with van der Waals surface area (Å²) >= 11 is 5.68. The summed E-state index contributed by atoms with van der Waals surface area (Å²) < 4.78 is 65.9. The molecule has 0 saturated carbocycles. The number of rotatable bonds is 4. The maximum absolute atomic E-state index is 13.3. The lowest BCUT2D eigenvalue weighted by atomic mass is 10.1. The summed E-state index contributed by atoms with van der Waals surface area (Å²) in [6, 6.07) is 4.88. The smallest absolute Gasteiger partial charge is 0.262 e. The van der Waals surface area contributed by atoms with Gasteiger partial charge in [-0.3, -0.25) is 4.98 Å². The Morgan fingerprint density at radius 2 is 1.96 bits per heavy atom. The van der Waals surface area contributed by atoms with Crippen LogP contribution in [0.2, 0.25) is 5.02 Å². The fourth-order valence-electron chi connectivity index (χ4n) is 1.86. The maximum atomic E-state index is 13.3. The molecule has 1 unspecified atom stereocenters. The van der Waals surface area contributed by atoms with Crippen LogP contribution in [-0.4, -0.2) is 19.6 Å². The molecule has 2 rings (SSSR count). The molecule has 1 N–H and O–H groups in total. The molecule has 0 amide bonds. The number of nitrogens with one attached hydrogen (secondary N) is 1. The molecule has 0 radical (unpaired) electrons. The minimum absolute atomic E-state index is 0.0362. The number of halogens is 4. The van der Waals surface area contributed by atoms with Gasteiger partial charge in [-0.25, -0.2) is 8.42 Å². The third kappa shape index (κ3) is 4.23. The summed E-state index contributed by atoms with van der Waals surface area (Å²) in [5.74, 6) is 0. The highest BCUT2D eigenvalue weighted by Crippen LogP contribution is 2.34. The Morgan fingerprint density at radius 3 is 2.54 bits per heavy atom. The zero-order valence-corrected chi connectivity index (χ0v) is 13.3. The van der Waals surface area contributed by atoms with Crippen molar-refractivity contribution in [1.82, 2.24) is 9.71 Å². The summed E-state index contributed by atoms with van der Waals surface area (Å²) in [4.78, 5) is 2.99. The number of aromatic nitrogens is 1. The molecular weight excluding hydrogens is 367 g/mol. The van der Waals surface area contributed by atoms with Crippen LogP contribution < -0.4 is 4.72 Å². The monoisotopic (exact) mass is 375 g/mol. The molecule has 0 bridgehead atoms. The molecule has 0 aliphatic rings. The summed E-state index contributed by atoms with van der Waals surface area (Å²) in [6.45, 7) is 0. The molecule has 0 spiro atoms. The molecule has 126 valence electrons. The zero-order valence-electron chi connectivity index (χ0n) is 11.7. The normalized spacial score (nSPS) is 13.3. The number of sulfonamides is 1. The highest BCUT2D eigenvalue weighted by Gasteiger charge is 2.43. The van der Waals surface area contributed by atoms with Gasteiger partial charge in [-0.1, -0.05) is 23.7 Å². The van der Waals surface area contributed by atoms with E-state index in [-0.39, 0.29) is 16.1 Å². The van der Waals surface area contributed by atoms with E-state index < -0.39 is 27.1 Å². The first kappa shape index (κ1) is 18.2. The lowest BCUT2D eigenvalue weighted by Gasteiger charge is -2.22. The number of pyridine rings is 1.